The van der Waals surface area contributed by atoms with Crippen LogP contribution in [-0.2, 0) is 0 Å². The number of nitrogens with zero attached hydrogens (tertiary/aromatic N) is 1. The Hall–Kier alpha value is -2.79. The Morgan fingerprint density at radius 1 is 1.11 bits per heavy atom. The zero-order valence-electron chi connectivity index (χ0n) is 15.8. The fourth-order valence-electron chi connectivity index (χ4n) is 4.38. The van der Waals surface area contributed by atoms with Gasteiger partial charge in [0.05, 0.1) is 0 Å². The van der Waals surface area contributed by atoms with Gasteiger partial charge in [0.1, 0.15) is 13.2 Å². The number of aromatic amines is 1. The third kappa shape index (κ3) is 3.27. The van der Waals surface area contributed by atoms with Crippen LogP contribution in [0.4, 0.5) is 0 Å². The summed E-state index contributed by atoms with van der Waals surface area (Å²) in [6, 6.07) is 12.0. The van der Waals surface area contributed by atoms with E-state index in [0.29, 0.717) is 36.9 Å². The minimum Gasteiger partial charge on any atom is -0.486 e. The number of hydrogen-bond acceptors (Lipinski definition) is 4. The van der Waals surface area contributed by atoms with E-state index in [-0.39, 0.29) is 5.78 Å². The van der Waals surface area contributed by atoms with Crippen molar-refractivity contribution in [3.8, 4) is 11.5 Å². The molecule has 28 heavy (non-hydrogen) atoms. The van der Waals surface area contributed by atoms with Gasteiger partial charge in [-0.3, -0.25) is 4.79 Å². The van der Waals surface area contributed by atoms with E-state index in [0.717, 1.165) is 31.8 Å². The average molecular weight is 376 g/mol. The number of rotatable bonds is 5. The van der Waals surface area contributed by atoms with Gasteiger partial charge in [0, 0.05) is 42.9 Å². The molecule has 3 heterocycles. The topological polar surface area (TPSA) is 54.6 Å². The summed E-state index contributed by atoms with van der Waals surface area (Å²) in [5.41, 5.74) is 2.12. The van der Waals surface area contributed by atoms with Gasteiger partial charge in [0.2, 0.25) is 0 Å². The lowest BCUT2D eigenvalue weighted by Crippen LogP contribution is -2.24. The van der Waals surface area contributed by atoms with Crippen molar-refractivity contribution in [2.45, 2.75) is 18.8 Å². The molecule has 5 nitrogen and oxygen atoms in total. The smallest absolute Gasteiger partial charge is 0.164 e. The second kappa shape index (κ2) is 7.32. The average Bonchev–Trinajstić information content (AvgIpc) is 3.41. The number of aromatic nitrogens is 1. The number of nitrogens with one attached hydrogen (secondary N) is 1. The molecule has 0 bridgehead atoms. The lowest BCUT2D eigenvalue weighted by atomic mass is 9.95. The fraction of sp³-hybridized carbons (Fsp3) is 0.348. The van der Waals surface area contributed by atoms with Crippen LogP contribution in [0.25, 0.3) is 10.8 Å². The van der Waals surface area contributed by atoms with Crippen molar-refractivity contribution in [3.63, 3.8) is 0 Å². The number of carbonyl (C=O) groups is 1. The Bertz CT molecular complexity index is 1010. The van der Waals surface area contributed by atoms with Crippen molar-refractivity contribution in [2.75, 3.05) is 32.8 Å². The van der Waals surface area contributed by atoms with E-state index in [2.05, 4.69) is 40.5 Å². The Balaban J connectivity index is 1.21. The highest BCUT2D eigenvalue weighted by Crippen LogP contribution is 2.33. The van der Waals surface area contributed by atoms with Gasteiger partial charge in [0.15, 0.2) is 17.3 Å². The van der Waals surface area contributed by atoms with Crippen molar-refractivity contribution in [3.05, 3.63) is 59.9 Å². The molecule has 0 saturated carbocycles. The highest BCUT2D eigenvalue weighted by atomic mass is 16.6. The Kier molecular flexibility index (Phi) is 4.53. The van der Waals surface area contributed by atoms with Gasteiger partial charge < -0.3 is 19.4 Å². The molecule has 2 aliphatic heterocycles. The lowest BCUT2D eigenvalue weighted by molar-refractivity contribution is 0.0967. The van der Waals surface area contributed by atoms with Gasteiger partial charge in [-0.25, -0.2) is 0 Å². The largest absolute Gasteiger partial charge is 0.486 e. The number of Topliss-reactive ketones (excluding diaryl/α,β-unsaturated/α-hetero) is 1. The number of H-pyrrole nitrogens is 1. The van der Waals surface area contributed by atoms with E-state index in [9.17, 15) is 4.79 Å². The first-order chi connectivity index (χ1) is 13.8. The molecule has 1 fully saturated rings. The van der Waals surface area contributed by atoms with Gasteiger partial charge >= 0.3 is 0 Å². The monoisotopic (exact) mass is 376 g/mol. The quantitative estimate of drug-likeness (QED) is 0.684. The minimum atomic E-state index is 0.160. The van der Waals surface area contributed by atoms with Crippen LogP contribution in [0.3, 0.4) is 0 Å². The number of hydrogen-bond donors (Lipinski definition) is 1. The number of ether oxygens (including phenoxy) is 2. The van der Waals surface area contributed by atoms with Crippen molar-refractivity contribution in [1.29, 1.82) is 0 Å². The predicted octanol–water partition coefficient (Wildman–Crippen LogP) is 4.00. The standard InChI is InChI=1S/C23H24N2O3/c26-21(16-4-5-22-23(12-16)28-11-10-27-22)7-9-25-8-6-18(15-25)19-3-1-2-17-13-24-14-20(17)19/h1-5,12-14,18,24H,6-11,15H2. The molecule has 2 aromatic carbocycles. The fourth-order valence-corrected chi connectivity index (χ4v) is 4.38. The van der Waals surface area contributed by atoms with E-state index in [1.807, 2.05) is 18.2 Å². The molecule has 1 N–H and O–H groups in total. The summed E-state index contributed by atoms with van der Waals surface area (Å²) in [5, 5.41) is 2.59. The van der Waals surface area contributed by atoms with E-state index in [1.54, 1.807) is 0 Å². The van der Waals surface area contributed by atoms with Crippen LogP contribution in [0.15, 0.2) is 48.8 Å². The second-order valence-electron chi connectivity index (χ2n) is 7.62. The van der Waals surface area contributed by atoms with Crippen molar-refractivity contribution in [1.82, 2.24) is 9.88 Å². The van der Waals surface area contributed by atoms with Crippen molar-refractivity contribution < 1.29 is 14.3 Å². The van der Waals surface area contributed by atoms with Crippen LogP contribution in [0, 0.1) is 0 Å². The summed E-state index contributed by atoms with van der Waals surface area (Å²) < 4.78 is 11.1. The van der Waals surface area contributed by atoms with Crippen LogP contribution in [0.2, 0.25) is 0 Å². The number of ketones is 1. The SMILES string of the molecule is O=C(CCN1CCC(c2cccc3c[nH]cc23)C1)c1ccc2c(c1)OCCO2. The normalized spacial score (nSPS) is 19.2. The third-order valence-electron chi connectivity index (χ3n) is 5.87. The zero-order chi connectivity index (χ0) is 18.9. The van der Waals surface area contributed by atoms with Gasteiger partial charge in [-0.05, 0) is 48.0 Å². The molecule has 0 spiro atoms. The summed E-state index contributed by atoms with van der Waals surface area (Å²) in [7, 11) is 0. The summed E-state index contributed by atoms with van der Waals surface area (Å²) in [6.07, 6.45) is 5.82. The summed E-state index contributed by atoms with van der Waals surface area (Å²) in [4.78, 5) is 18.3. The van der Waals surface area contributed by atoms with E-state index < -0.39 is 0 Å². The predicted molar refractivity (Wildman–Crippen MR) is 108 cm³/mol. The van der Waals surface area contributed by atoms with E-state index in [4.69, 9.17) is 9.47 Å². The number of fused-ring (bicyclic) bond motifs is 2. The van der Waals surface area contributed by atoms with Crippen LogP contribution in [0.5, 0.6) is 11.5 Å². The Morgan fingerprint density at radius 2 is 2.00 bits per heavy atom. The molecule has 0 amide bonds. The minimum absolute atomic E-state index is 0.160. The molecule has 5 rings (SSSR count). The zero-order valence-corrected chi connectivity index (χ0v) is 15.8. The molecule has 3 aromatic rings. The van der Waals surface area contributed by atoms with E-state index in [1.165, 1.54) is 16.3 Å². The first kappa shape index (κ1) is 17.3. The molecule has 1 aromatic heterocycles. The van der Waals surface area contributed by atoms with Crippen molar-refractivity contribution in [2.24, 2.45) is 0 Å². The van der Waals surface area contributed by atoms with Crippen LogP contribution < -0.4 is 9.47 Å². The number of carbonyl (C=O) groups excluding carboxylic acids is 1. The third-order valence-corrected chi connectivity index (χ3v) is 5.87. The molecule has 1 unspecified atom stereocenters. The van der Waals surface area contributed by atoms with Crippen LogP contribution in [-0.4, -0.2) is 48.5 Å². The number of likely N-dealkylation sites (tertiary alicyclic amines) is 1. The molecular formula is C23H24N2O3. The summed E-state index contributed by atoms with van der Waals surface area (Å²) in [6.45, 7) is 3.95. The van der Waals surface area contributed by atoms with Crippen molar-refractivity contribution >= 4 is 16.6 Å². The van der Waals surface area contributed by atoms with Crippen LogP contribution in [0.1, 0.15) is 34.7 Å². The molecule has 5 heteroatoms. The molecule has 1 saturated heterocycles. The Labute approximate surface area is 164 Å². The second-order valence-corrected chi connectivity index (χ2v) is 7.62. The molecule has 0 aliphatic carbocycles. The maximum atomic E-state index is 12.7. The first-order valence-corrected chi connectivity index (χ1v) is 9.98. The molecular weight excluding hydrogens is 352 g/mol. The lowest BCUT2D eigenvalue weighted by Gasteiger charge is -2.19. The number of benzene rings is 2. The van der Waals surface area contributed by atoms with Gasteiger partial charge in [0.25, 0.3) is 0 Å². The molecule has 144 valence electrons. The molecule has 0 radical (unpaired) electrons. The highest BCUT2D eigenvalue weighted by Gasteiger charge is 2.25. The summed E-state index contributed by atoms with van der Waals surface area (Å²) in [5.74, 6) is 2.10. The summed E-state index contributed by atoms with van der Waals surface area (Å²) >= 11 is 0. The maximum Gasteiger partial charge on any atom is 0.164 e. The highest BCUT2D eigenvalue weighted by molar-refractivity contribution is 5.96. The molecule has 2 aliphatic rings. The van der Waals surface area contributed by atoms with Gasteiger partial charge in [-0.2, -0.15) is 0 Å². The molecule has 1 atom stereocenters. The van der Waals surface area contributed by atoms with Gasteiger partial charge in [-0.1, -0.05) is 18.2 Å². The maximum absolute atomic E-state index is 12.7. The Morgan fingerprint density at radius 3 is 2.93 bits per heavy atom. The van der Waals surface area contributed by atoms with E-state index >= 15 is 0 Å². The first-order valence-electron chi connectivity index (χ1n) is 9.98. The van der Waals surface area contributed by atoms with Crippen LogP contribution >= 0.6 is 0 Å². The van der Waals surface area contributed by atoms with Gasteiger partial charge in [-0.15, -0.1) is 0 Å².